The van der Waals surface area contributed by atoms with Gasteiger partial charge in [0.2, 0.25) is 0 Å². The van der Waals surface area contributed by atoms with Crippen LogP contribution < -0.4 is 5.73 Å². The first kappa shape index (κ1) is 16.1. The molecule has 0 aromatic heterocycles. The molecule has 0 saturated heterocycles. The van der Waals surface area contributed by atoms with Crippen LogP contribution in [0.1, 0.15) is 18.9 Å². The lowest BCUT2D eigenvalue weighted by Crippen LogP contribution is -2.21. The fourth-order valence-corrected chi connectivity index (χ4v) is 3.77. The number of nitrogens with two attached hydrogens (primary N) is 1. The van der Waals surface area contributed by atoms with Crippen molar-refractivity contribution in [1.29, 1.82) is 0 Å². The molecule has 1 nitrogen and oxygen atoms in total. The molecule has 0 fully saturated rings. The summed E-state index contributed by atoms with van der Waals surface area (Å²) in [5.74, 6) is 0. The van der Waals surface area contributed by atoms with Gasteiger partial charge in [-0.25, -0.2) is 0 Å². The third-order valence-electron chi connectivity index (χ3n) is 3.09. The van der Waals surface area contributed by atoms with Gasteiger partial charge >= 0.3 is 0 Å². The first-order valence-corrected chi connectivity index (χ1v) is 8.96. The lowest BCUT2D eigenvalue weighted by Gasteiger charge is -2.14. The van der Waals surface area contributed by atoms with E-state index in [0.717, 1.165) is 21.8 Å². The normalized spacial score (nSPS) is 12.4. The molecule has 0 aliphatic carbocycles. The molecule has 0 aliphatic heterocycles. The molecular formula is C16H17Br2NS. The minimum atomic E-state index is 0.211. The summed E-state index contributed by atoms with van der Waals surface area (Å²) in [4.78, 5) is 2.49. The van der Waals surface area contributed by atoms with Gasteiger partial charge in [-0.1, -0.05) is 46.7 Å². The molecule has 0 heterocycles. The molecule has 1 atom stereocenters. The van der Waals surface area contributed by atoms with Crippen molar-refractivity contribution >= 4 is 43.6 Å². The van der Waals surface area contributed by atoms with Crippen LogP contribution in [0.3, 0.4) is 0 Å². The van der Waals surface area contributed by atoms with Crippen LogP contribution in [0.2, 0.25) is 0 Å². The number of hydrogen-bond donors (Lipinski definition) is 1. The summed E-state index contributed by atoms with van der Waals surface area (Å²) in [5, 5.41) is 0. The van der Waals surface area contributed by atoms with Gasteiger partial charge < -0.3 is 5.73 Å². The Kier molecular flexibility index (Phi) is 6.15. The average molecular weight is 415 g/mol. The van der Waals surface area contributed by atoms with E-state index in [0.29, 0.717) is 0 Å². The second-order valence-electron chi connectivity index (χ2n) is 4.66. The van der Waals surface area contributed by atoms with E-state index in [4.69, 9.17) is 5.73 Å². The fraction of sp³-hybridized carbons (Fsp3) is 0.250. The van der Waals surface area contributed by atoms with Crippen molar-refractivity contribution in [2.75, 3.05) is 0 Å². The maximum atomic E-state index is 6.11. The molecule has 2 aromatic carbocycles. The molecule has 0 aliphatic rings. The lowest BCUT2D eigenvalue weighted by atomic mass is 10.1. The van der Waals surface area contributed by atoms with Gasteiger partial charge in [0.15, 0.2) is 0 Å². The topological polar surface area (TPSA) is 26.0 Å². The third kappa shape index (κ3) is 4.35. The van der Waals surface area contributed by atoms with E-state index in [-0.39, 0.29) is 6.04 Å². The molecule has 0 spiro atoms. The van der Waals surface area contributed by atoms with Crippen molar-refractivity contribution in [3.05, 3.63) is 57.0 Å². The van der Waals surface area contributed by atoms with E-state index in [9.17, 15) is 0 Å². The Morgan fingerprint density at radius 2 is 1.85 bits per heavy atom. The summed E-state index contributed by atoms with van der Waals surface area (Å²) in [7, 11) is 0. The van der Waals surface area contributed by atoms with E-state index >= 15 is 0 Å². The fourth-order valence-electron chi connectivity index (χ4n) is 1.88. The van der Waals surface area contributed by atoms with Crippen molar-refractivity contribution in [3.8, 4) is 0 Å². The second-order valence-corrected chi connectivity index (χ2v) is 7.51. The van der Waals surface area contributed by atoms with E-state index in [2.05, 4.69) is 75.2 Å². The van der Waals surface area contributed by atoms with Gasteiger partial charge in [-0.2, -0.15) is 0 Å². The predicted octanol–water partition coefficient (Wildman–Crippen LogP) is 5.64. The van der Waals surface area contributed by atoms with E-state index in [1.807, 2.05) is 6.07 Å². The Bertz CT molecular complexity index is 586. The number of hydrogen-bond acceptors (Lipinski definition) is 2. The molecule has 0 radical (unpaired) electrons. The standard InChI is InChI=1S/C16H17Br2NS/c1-2-13(19)10-11-9-12(17)7-8-15(11)20-16-6-4-3-5-14(16)18/h3-9,13H,2,10,19H2,1H3. The first-order chi connectivity index (χ1) is 9.60. The van der Waals surface area contributed by atoms with Crippen LogP contribution in [-0.4, -0.2) is 6.04 Å². The highest BCUT2D eigenvalue weighted by Crippen LogP contribution is 2.36. The highest BCUT2D eigenvalue weighted by atomic mass is 79.9. The summed E-state index contributed by atoms with van der Waals surface area (Å²) in [6.07, 6.45) is 1.90. The Morgan fingerprint density at radius 3 is 2.55 bits per heavy atom. The van der Waals surface area contributed by atoms with Gasteiger partial charge in [0.1, 0.15) is 0 Å². The van der Waals surface area contributed by atoms with Crippen molar-refractivity contribution in [1.82, 2.24) is 0 Å². The smallest absolute Gasteiger partial charge is 0.0314 e. The zero-order chi connectivity index (χ0) is 14.5. The maximum Gasteiger partial charge on any atom is 0.0314 e. The molecule has 2 aromatic rings. The van der Waals surface area contributed by atoms with Gasteiger partial charge in [-0.05, 0) is 64.7 Å². The highest BCUT2D eigenvalue weighted by Gasteiger charge is 2.10. The molecule has 4 heteroatoms. The Balaban J connectivity index is 2.29. The van der Waals surface area contributed by atoms with Crippen molar-refractivity contribution in [2.45, 2.75) is 35.6 Å². The monoisotopic (exact) mass is 413 g/mol. The van der Waals surface area contributed by atoms with Crippen molar-refractivity contribution in [2.24, 2.45) is 5.73 Å². The Morgan fingerprint density at radius 1 is 1.10 bits per heavy atom. The van der Waals surface area contributed by atoms with Gasteiger partial charge in [0, 0.05) is 24.8 Å². The van der Waals surface area contributed by atoms with E-state index in [1.165, 1.54) is 15.4 Å². The van der Waals surface area contributed by atoms with Crippen LogP contribution in [0.15, 0.2) is 61.2 Å². The van der Waals surface area contributed by atoms with Crippen LogP contribution in [0, 0.1) is 0 Å². The van der Waals surface area contributed by atoms with Crippen molar-refractivity contribution in [3.63, 3.8) is 0 Å². The summed E-state index contributed by atoms with van der Waals surface area (Å²) < 4.78 is 2.23. The molecule has 2 N–H and O–H groups in total. The van der Waals surface area contributed by atoms with Crippen LogP contribution in [0.5, 0.6) is 0 Å². The maximum absolute atomic E-state index is 6.11. The van der Waals surface area contributed by atoms with Crippen LogP contribution in [0.4, 0.5) is 0 Å². The Labute approximate surface area is 141 Å². The third-order valence-corrected chi connectivity index (χ3v) is 5.73. The summed E-state index contributed by atoms with van der Waals surface area (Å²) in [5.41, 5.74) is 7.41. The number of halogens is 2. The summed E-state index contributed by atoms with van der Waals surface area (Å²) >= 11 is 8.93. The number of rotatable bonds is 5. The first-order valence-electron chi connectivity index (χ1n) is 6.56. The highest BCUT2D eigenvalue weighted by molar-refractivity contribution is 9.10. The quantitative estimate of drug-likeness (QED) is 0.684. The molecule has 0 saturated carbocycles. The molecule has 0 amide bonds. The van der Waals surface area contributed by atoms with Gasteiger partial charge in [0.05, 0.1) is 0 Å². The van der Waals surface area contributed by atoms with E-state index in [1.54, 1.807) is 11.8 Å². The van der Waals surface area contributed by atoms with Crippen molar-refractivity contribution < 1.29 is 0 Å². The summed E-state index contributed by atoms with van der Waals surface area (Å²) in [6.45, 7) is 2.13. The second kappa shape index (κ2) is 7.64. The number of benzene rings is 2. The average Bonchev–Trinajstić information content (AvgIpc) is 2.44. The molecule has 1 unspecified atom stereocenters. The summed E-state index contributed by atoms with van der Waals surface area (Å²) in [6, 6.07) is 14.9. The molecular weight excluding hydrogens is 398 g/mol. The van der Waals surface area contributed by atoms with Crippen LogP contribution in [-0.2, 0) is 6.42 Å². The zero-order valence-electron chi connectivity index (χ0n) is 11.3. The molecule has 2 rings (SSSR count). The Hall–Kier alpha value is -0.290. The SMILES string of the molecule is CCC(N)Cc1cc(Br)ccc1Sc1ccccc1Br. The predicted molar refractivity (Wildman–Crippen MR) is 94.4 cm³/mol. The molecule has 20 heavy (non-hydrogen) atoms. The molecule has 0 bridgehead atoms. The van der Waals surface area contributed by atoms with Crippen LogP contribution in [0.25, 0.3) is 0 Å². The van der Waals surface area contributed by atoms with Crippen LogP contribution >= 0.6 is 43.6 Å². The lowest BCUT2D eigenvalue weighted by molar-refractivity contribution is 0.641. The minimum absolute atomic E-state index is 0.211. The van der Waals surface area contributed by atoms with Gasteiger partial charge in [-0.3, -0.25) is 0 Å². The van der Waals surface area contributed by atoms with E-state index < -0.39 is 0 Å². The van der Waals surface area contributed by atoms with Gasteiger partial charge in [-0.15, -0.1) is 0 Å². The van der Waals surface area contributed by atoms with Gasteiger partial charge in [0.25, 0.3) is 0 Å². The largest absolute Gasteiger partial charge is 0.327 e. The minimum Gasteiger partial charge on any atom is -0.327 e. The molecule has 106 valence electrons. The zero-order valence-corrected chi connectivity index (χ0v) is 15.3.